The maximum Gasteiger partial charge on any atom is 0.227 e. The summed E-state index contributed by atoms with van der Waals surface area (Å²) in [5.41, 5.74) is 1.92. The van der Waals surface area contributed by atoms with Gasteiger partial charge in [0.2, 0.25) is 5.91 Å². The molecule has 0 radical (unpaired) electrons. The molecule has 6 heteroatoms. The van der Waals surface area contributed by atoms with Crippen molar-refractivity contribution in [2.75, 3.05) is 47.9 Å². The third kappa shape index (κ3) is 3.53. The lowest BCUT2D eigenvalue weighted by molar-refractivity contribution is -0.121. The molecular formula is C16H22ClN3OS. The molecule has 0 aliphatic carbocycles. The highest BCUT2D eigenvalue weighted by Gasteiger charge is 2.29. The van der Waals surface area contributed by atoms with E-state index in [-0.39, 0.29) is 11.8 Å². The molecule has 0 saturated carbocycles. The van der Waals surface area contributed by atoms with Gasteiger partial charge < -0.3 is 15.5 Å². The van der Waals surface area contributed by atoms with Gasteiger partial charge in [-0.3, -0.25) is 4.79 Å². The first-order valence-corrected chi connectivity index (χ1v) is 9.32. The van der Waals surface area contributed by atoms with Gasteiger partial charge in [-0.1, -0.05) is 18.5 Å². The fourth-order valence-corrected chi connectivity index (χ4v) is 3.89. The van der Waals surface area contributed by atoms with E-state index in [9.17, 15) is 4.79 Å². The van der Waals surface area contributed by atoms with E-state index in [1.807, 2.05) is 36.9 Å². The zero-order valence-electron chi connectivity index (χ0n) is 12.8. The second-order valence-corrected chi connectivity index (χ2v) is 7.62. The van der Waals surface area contributed by atoms with E-state index in [4.69, 9.17) is 11.6 Å². The lowest BCUT2D eigenvalue weighted by atomic mass is 9.88. The van der Waals surface area contributed by atoms with Crippen LogP contribution in [0.3, 0.4) is 0 Å². The van der Waals surface area contributed by atoms with Crippen LogP contribution in [0.2, 0.25) is 5.02 Å². The first-order valence-electron chi connectivity index (χ1n) is 7.79. The van der Waals surface area contributed by atoms with Crippen molar-refractivity contribution < 1.29 is 4.79 Å². The van der Waals surface area contributed by atoms with Crippen molar-refractivity contribution in [3.05, 3.63) is 23.2 Å². The average Bonchev–Trinajstić information content (AvgIpc) is 2.46. The molecule has 2 aliphatic heterocycles. The van der Waals surface area contributed by atoms with Crippen LogP contribution in [0.5, 0.6) is 0 Å². The highest BCUT2D eigenvalue weighted by atomic mass is 35.5. The number of carbonyl (C=O) groups is 1. The van der Waals surface area contributed by atoms with E-state index < -0.39 is 0 Å². The van der Waals surface area contributed by atoms with E-state index in [1.54, 1.807) is 0 Å². The Morgan fingerprint density at radius 3 is 2.77 bits per heavy atom. The van der Waals surface area contributed by atoms with Crippen molar-refractivity contribution in [3.8, 4) is 0 Å². The first kappa shape index (κ1) is 16.0. The Balaban J connectivity index is 1.76. The molecule has 0 spiro atoms. The number of nitrogens with one attached hydrogen (secondary N) is 2. The van der Waals surface area contributed by atoms with Crippen LogP contribution in [0.25, 0.3) is 0 Å². The van der Waals surface area contributed by atoms with E-state index in [0.717, 1.165) is 49.1 Å². The summed E-state index contributed by atoms with van der Waals surface area (Å²) in [6.07, 6.45) is 0. The molecule has 1 aromatic carbocycles. The Hall–Kier alpha value is -0.910. The molecular weight excluding hydrogens is 318 g/mol. The molecule has 1 atom stereocenters. The predicted molar refractivity (Wildman–Crippen MR) is 95.1 cm³/mol. The minimum Gasteiger partial charge on any atom is -0.368 e. The van der Waals surface area contributed by atoms with Crippen LogP contribution in [-0.4, -0.2) is 43.6 Å². The molecule has 1 unspecified atom stereocenters. The van der Waals surface area contributed by atoms with Crippen molar-refractivity contribution in [3.63, 3.8) is 0 Å². The minimum atomic E-state index is 0.0185. The molecule has 0 bridgehead atoms. The van der Waals surface area contributed by atoms with E-state index >= 15 is 0 Å². The number of amides is 1. The van der Waals surface area contributed by atoms with Gasteiger partial charge in [0.05, 0.1) is 11.4 Å². The van der Waals surface area contributed by atoms with Crippen LogP contribution in [0.1, 0.15) is 6.92 Å². The SMILES string of the molecule is CC(C(=O)Nc1cc(Cl)ccc1N1CCSCC1)C1CNC1. The van der Waals surface area contributed by atoms with Crippen LogP contribution in [0.15, 0.2) is 18.2 Å². The standard InChI is InChI=1S/C16H22ClN3OS/c1-11(12-9-18-10-12)16(21)19-14-8-13(17)2-3-15(14)20-4-6-22-7-5-20/h2-3,8,11-12,18H,4-7,9-10H2,1H3,(H,19,21). The molecule has 2 fully saturated rings. The first-order chi connectivity index (χ1) is 10.6. The summed E-state index contributed by atoms with van der Waals surface area (Å²) >= 11 is 8.11. The van der Waals surface area contributed by atoms with Crippen LogP contribution in [0, 0.1) is 11.8 Å². The summed E-state index contributed by atoms with van der Waals surface area (Å²) in [6.45, 7) is 5.89. The number of benzene rings is 1. The lowest BCUT2D eigenvalue weighted by Gasteiger charge is -2.33. The fourth-order valence-electron chi connectivity index (χ4n) is 2.81. The normalized spacial score (nSPS) is 20.4. The molecule has 2 N–H and O–H groups in total. The molecule has 22 heavy (non-hydrogen) atoms. The van der Waals surface area contributed by atoms with Gasteiger partial charge in [0.25, 0.3) is 0 Å². The molecule has 2 heterocycles. The molecule has 4 nitrogen and oxygen atoms in total. The third-order valence-electron chi connectivity index (χ3n) is 4.50. The fraction of sp³-hybridized carbons (Fsp3) is 0.562. The molecule has 0 aromatic heterocycles. The van der Waals surface area contributed by atoms with Gasteiger partial charge in [-0.05, 0) is 37.2 Å². The molecule has 120 valence electrons. The maximum atomic E-state index is 12.5. The largest absolute Gasteiger partial charge is 0.368 e. The van der Waals surface area contributed by atoms with Crippen molar-refractivity contribution >= 4 is 40.6 Å². The summed E-state index contributed by atoms with van der Waals surface area (Å²) < 4.78 is 0. The number of anilines is 2. The van der Waals surface area contributed by atoms with Crippen molar-refractivity contribution in [1.82, 2.24) is 5.32 Å². The van der Waals surface area contributed by atoms with Gasteiger partial charge in [0.15, 0.2) is 0 Å². The monoisotopic (exact) mass is 339 g/mol. The third-order valence-corrected chi connectivity index (χ3v) is 5.68. The van der Waals surface area contributed by atoms with Crippen LogP contribution < -0.4 is 15.5 Å². The van der Waals surface area contributed by atoms with Crippen molar-refractivity contribution in [1.29, 1.82) is 0 Å². The highest BCUT2D eigenvalue weighted by Crippen LogP contribution is 2.31. The lowest BCUT2D eigenvalue weighted by Crippen LogP contribution is -2.48. The number of nitrogens with zero attached hydrogens (tertiary/aromatic N) is 1. The Morgan fingerprint density at radius 1 is 1.41 bits per heavy atom. The summed E-state index contributed by atoms with van der Waals surface area (Å²) in [7, 11) is 0. The Labute approximate surface area is 141 Å². The second-order valence-electron chi connectivity index (χ2n) is 5.96. The number of carbonyl (C=O) groups excluding carboxylic acids is 1. The summed E-state index contributed by atoms with van der Waals surface area (Å²) in [5.74, 6) is 2.79. The molecule has 2 aliphatic rings. The summed E-state index contributed by atoms with van der Waals surface area (Å²) in [4.78, 5) is 14.8. The molecule has 1 amide bonds. The number of hydrogen-bond acceptors (Lipinski definition) is 4. The Kier molecular flexibility index (Phi) is 5.16. The van der Waals surface area contributed by atoms with Crippen molar-refractivity contribution in [2.24, 2.45) is 11.8 Å². The summed E-state index contributed by atoms with van der Waals surface area (Å²) in [5, 5.41) is 6.98. The number of halogens is 1. The predicted octanol–water partition coefficient (Wildman–Crippen LogP) is 2.69. The Morgan fingerprint density at radius 2 is 2.14 bits per heavy atom. The minimum absolute atomic E-state index is 0.0185. The Bertz CT molecular complexity index is 544. The number of hydrogen-bond donors (Lipinski definition) is 2. The van der Waals surface area contributed by atoms with Crippen LogP contribution in [-0.2, 0) is 4.79 Å². The average molecular weight is 340 g/mol. The van der Waals surface area contributed by atoms with E-state index in [0.29, 0.717) is 10.9 Å². The maximum absolute atomic E-state index is 12.5. The molecule has 3 rings (SSSR count). The smallest absolute Gasteiger partial charge is 0.227 e. The van der Waals surface area contributed by atoms with Gasteiger partial charge in [-0.15, -0.1) is 0 Å². The quantitative estimate of drug-likeness (QED) is 0.885. The van der Waals surface area contributed by atoms with E-state index in [2.05, 4.69) is 15.5 Å². The second kappa shape index (κ2) is 7.11. The molecule has 2 saturated heterocycles. The number of rotatable bonds is 4. The van der Waals surface area contributed by atoms with Gasteiger partial charge >= 0.3 is 0 Å². The zero-order valence-corrected chi connectivity index (χ0v) is 14.3. The van der Waals surface area contributed by atoms with Crippen molar-refractivity contribution in [2.45, 2.75) is 6.92 Å². The van der Waals surface area contributed by atoms with E-state index in [1.165, 1.54) is 0 Å². The zero-order chi connectivity index (χ0) is 15.5. The summed E-state index contributed by atoms with van der Waals surface area (Å²) in [6, 6.07) is 5.78. The van der Waals surface area contributed by atoms with Crippen LogP contribution >= 0.6 is 23.4 Å². The van der Waals surface area contributed by atoms with Gasteiger partial charge in [-0.2, -0.15) is 11.8 Å². The highest BCUT2D eigenvalue weighted by molar-refractivity contribution is 7.99. The number of thioether (sulfide) groups is 1. The topological polar surface area (TPSA) is 44.4 Å². The molecule has 1 aromatic rings. The van der Waals surface area contributed by atoms with Gasteiger partial charge in [0.1, 0.15) is 0 Å². The van der Waals surface area contributed by atoms with Gasteiger partial charge in [0, 0.05) is 35.5 Å². The van der Waals surface area contributed by atoms with Gasteiger partial charge in [-0.25, -0.2) is 0 Å². The van der Waals surface area contributed by atoms with Crippen LogP contribution in [0.4, 0.5) is 11.4 Å².